The Hall–Kier alpha value is -1.24. The first-order chi connectivity index (χ1) is 6.34. The minimum atomic E-state index is 0.477. The summed E-state index contributed by atoms with van der Waals surface area (Å²) in [7, 11) is 0. The second-order valence-corrected chi connectivity index (χ2v) is 3.93. The molecular weight excluding hydrogens is 160 g/mol. The predicted molar refractivity (Wildman–Crippen MR) is 52.8 cm³/mol. The standard InChI is InChI=1S/C12H12O/c13-12-5-4-10-6-8-2-1-3-9(8)7-11(10)12/h5-7,13H,1-4H2. The van der Waals surface area contributed by atoms with Crippen LogP contribution in [0.3, 0.4) is 0 Å². The molecule has 1 aromatic rings. The molecule has 0 amide bonds. The molecule has 0 aliphatic heterocycles. The Morgan fingerprint density at radius 1 is 1.00 bits per heavy atom. The summed E-state index contributed by atoms with van der Waals surface area (Å²) >= 11 is 0. The van der Waals surface area contributed by atoms with E-state index in [2.05, 4.69) is 12.1 Å². The lowest BCUT2D eigenvalue weighted by Crippen LogP contribution is -1.90. The van der Waals surface area contributed by atoms with Crippen molar-refractivity contribution < 1.29 is 5.11 Å². The van der Waals surface area contributed by atoms with Crippen LogP contribution >= 0.6 is 0 Å². The zero-order valence-electron chi connectivity index (χ0n) is 7.51. The summed E-state index contributed by atoms with van der Waals surface area (Å²) in [5.74, 6) is 0.477. The maximum absolute atomic E-state index is 9.57. The van der Waals surface area contributed by atoms with E-state index in [0.717, 1.165) is 12.0 Å². The van der Waals surface area contributed by atoms with Gasteiger partial charge in [-0.25, -0.2) is 0 Å². The first-order valence-electron chi connectivity index (χ1n) is 4.89. The Kier molecular flexibility index (Phi) is 1.32. The van der Waals surface area contributed by atoms with Crippen molar-refractivity contribution in [2.24, 2.45) is 0 Å². The third kappa shape index (κ3) is 0.932. The Morgan fingerprint density at radius 3 is 2.62 bits per heavy atom. The lowest BCUT2D eigenvalue weighted by molar-refractivity contribution is 0.513. The van der Waals surface area contributed by atoms with Gasteiger partial charge in [0.2, 0.25) is 0 Å². The Labute approximate surface area is 77.7 Å². The number of hydrogen-bond donors (Lipinski definition) is 1. The Balaban J connectivity index is 2.21. The van der Waals surface area contributed by atoms with E-state index in [0.29, 0.717) is 5.76 Å². The largest absolute Gasteiger partial charge is 0.508 e. The molecule has 0 aromatic heterocycles. The summed E-state index contributed by atoms with van der Waals surface area (Å²) in [6, 6.07) is 4.45. The molecule has 2 aliphatic rings. The van der Waals surface area contributed by atoms with Gasteiger partial charge < -0.3 is 5.11 Å². The summed E-state index contributed by atoms with van der Waals surface area (Å²) in [4.78, 5) is 0. The van der Waals surface area contributed by atoms with E-state index in [1.54, 1.807) is 0 Å². The highest BCUT2D eigenvalue weighted by atomic mass is 16.3. The molecule has 1 heteroatoms. The number of hydrogen-bond acceptors (Lipinski definition) is 1. The van der Waals surface area contributed by atoms with Gasteiger partial charge >= 0.3 is 0 Å². The Bertz CT molecular complexity index is 402. The minimum absolute atomic E-state index is 0.477. The van der Waals surface area contributed by atoms with Crippen LogP contribution in [0.5, 0.6) is 0 Å². The molecule has 1 aromatic carbocycles. The summed E-state index contributed by atoms with van der Waals surface area (Å²) in [5, 5.41) is 9.57. The van der Waals surface area contributed by atoms with Crippen LogP contribution in [0.4, 0.5) is 0 Å². The lowest BCUT2D eigenvalue weighted by atomic mass is 10.0. The van der Waals surface area contributed by atoms with Gasteiger partial charge in [0.15, 0.2) is 0 Å². The second-order valence-electron chi connectivity index (χ2n) is 3.93. The molecular formula is C12H12O. The van der Waals surface area contributed by atoms with Gasteiger partial charge in [0.25, 0.3) is 0 Å². The molecule has 0 heterocycles. The van der Waals surface area contributed by atoms with Gasteiger partial charge in [-0.05, 0) is 54.5 Å². The van der Waals surface area contributed by atoms with Crippen molar-refractivity contribution in [1.82, 2.24) is 0 Å². The van der Waals surface area contributed by atoms with Gasteiger partial charge in [-0.1, -0.05) is 6.07 Å². The molecule has 3 rings (SSSR count). The third-order valence-electron chi connectivity index (χ3n) is 3.11. The van der Waals surface area contributed by atoms with E-state index in [4.69, 9.17) is 0 Å². The van der Waals surface area contributed by atoms with Gasteiger partial charge in [-0.2, -0.15) is 0 Å². The van der Waals surface area contributed by atoms with E-state index < -0.39 is 0 Å². The first kappa shape index (κ1) is 7.19. The number of rotatable bonds is 0. The molecule has 1 nitrogen and oxygen atoms in total. The molecule has 0 unspecified atom stereocenters. The fraction of sp³-hybridized carbons (Fsp3) is 0.333. The normalized spacial score (nSPS) is 18.3. The maximum Gasteiger partial charge on any atom is 0.119 e. The SMILES string of the molecule is OC1=CCc2cc3c(cc21)CCC3. The van der Waals surface area contributed by atoms with Gasteiger partial charge in [0.05, 0.1) is 0 Å². The molecule has 0 bridgehead atoms. The van der Waals surface area contributed by atoms with E-state index in [1.165, 1.54) is 36.0 Å². The van der Waals surface area contributed by atoms with Crippen LogP contribution in [-0.2, 0) is 19.3 Å². The minimum Gasteiger partial charge on any atom is -0.508 e. The average Bonchev–Trinajstić information content (AvgIpc) is 2.70. The summed E-state index contributed by atoms with van der Waals surface area (Å²) in [6.07, 6.45) is 6.51. The monoisotopic (exact) mass is 172 g/mol. The van der Waals surface area contributed by atoms with Crippen LogP contribution < -0.4 is 0 Å². The van der Waals surface area contributed by atoms with E-state index in [9.17, 15) is 5.11 Å². The fourth-order valence-corrected chi connectivity index (χ4v) is 2.40. The fourth-order valence-electron chi connectivity index (χ4n) is 2.40. The average molecular weight is 172 g/mol. The molecule has 66 valence electrons. The van der Waals surface area contributed by atoms with Crippen molar-refractivity contribution in [2.75, 3.05) is 0 Å². The third-order valence-corrected chi connectivity index (χ3v) is 3.11. The summed E-state index contributed by atoms with van der Waals surface area (Å²) in [5.41, 5.74) is 5.32. The van der Waals surface area contributed by atoms with Gasteiger partial charge in [-0.15, -0.1) is 0 Å². The predicted octanol–water partition coefficient (Wildman–Crippen LogP) is 2.63. The van der Waals surface area contributed by atoms with Crippen molar-refractivity contribution in [3.8, 4) is 0 Å². The van der Waals surface area contributed by atoms with Crippen LogP contribution in [0.15, 0.2) is 18.2 Å². The zero-order chi connectivity index (χ0) is 8.84. The quantitative estimate of drug-likeness (QED) is 0.637. The number of benzene rings is 1. The van der Waals surface area contributed by atoms with Crippen molar-refractivity contribution >= 4 is 5.76 Å². The second kappa shape index (κ2) is 2.38. The highest BCUT2D eigenvalue weighted by molar-refractivity contribution is 5.68. The van der Waals surface area contributed by atoms with E-state index in [1.807, 2.05) is 6.08 Å². The molecule has 0 spiro atoms. The summed E-state index contributed by atoms with van der Waals surface area (Å²) in [6.45, 7) is 0. The molecule has 0 saturated heterocycles. The number of aryl methyl sites for hydroxylation is 2. The van der Waals surface area contributed by atoms with Crippen LogP contribution in [0.25, 0.3) is 5.76 Å². The number of allylic oxidation sites excluding steroid dienone is 1. The number of fused-ring (bicyclic) bond motifs is 2. The molecule has 1 N–H and O–H groups in total. The lowest BCUT2D eigenvalue weighted by Gasteiger charge is -2.05. The Morgan fingerprint density at radius 2 is 1.77 bits per heavy atom. The van der Waals surface area contributed by atoms with Crippen LogP contribution in [0.1, 0.15) is 28.7 Å². The zero-order valence-corrected chi connectivity index (χ0v) is 7.51. The summed E-state index contributed by atoms with van der Waals surface area (Å²) < 4.78 is 0. The topological polar surface area (TPSA) is 20.2 Å². The molecule has 13 heavy (non-hydrogen) atoms. The van der Waals surface area contributed by atoms with E-state index >= 15 is 0 Å². The van der Waals surface area contributed by atoms with Crippen molar-refractivity contribution in [2.45, 2.75) is 25.7 Å². The van der Waals surface area contributed by atoms with Crippen LogP contribution in [0.2, 0.25) is 0 Å². The molecule has 0 saturated carbocycles. The van der Waals surface area contributed by atoms with E-state index in [-0.39, 0.29) is 0 Å². The molecule has 0 fully saturated rings. The maximum atomic E-state index is 9.57. The molecule has 0 atom stereocenters. The highest BCUT2D eigenvalue weighted by Gasteiger charge is 2.18. The van der Waals surface area contributed by atoms with Crippen LogP contribution in [0, 0.1) is 0 Å². The molecule has 0 radical (unpaired) electrons. The van der Waals surface area contributed by atoms with Crippen molar-refractivity contribution in [3.05, 3.63) is 40.5 Å². The molecule has 2 aliphatic carbocycles. The van der Waals surface area contributed by atoms with Gasteiger partial charge in [0, 0.05) is 5.56 Å². The number of aliphatic hydroxyl groups excluding tert-OH is 1. The number of aliphatic hydroxyl groups is 1. The van der Waals surface area contributed by atoms with Gasteiger partial charge in [-0.3, -0.25) is 0 Å². The first-order valence-corrected chi connectivity index (χ1v) is 4.89. The van der Waals surface area contributed by atoms with Crippen LogP contribution in [-0.4, -0.2) is 5.11 Å². The van der Waals surface area contributed by atoms with Crippen molar-refractivity contribution in [1.29, 1.82) is 0 Å². The van der Waals surface area contributed by atoms with Crippen molar-refractivity contribution in [3.63, 3.8) is 0 Å². The highest BCUT2D eigenvalue weighted by Crippen LogP contribution is 2.32. The van der Waals surface area contributed by atoms with Gasteiger partial charge in [0.1, 0.15) is 5.76 Å². The smallest absolute Gasteiger partial charge is 0.119 e.